The molecule has 0 radical (unpaired) electrons. The SMILES string of the molecule is CNC(Cc1cccc(C)c1)c1cccc(F)c1. The highest BCUT2D eigenvalue weighted by Gasteiger charge is 2.10. The average Bonchev–Trinajstić information content (AvgIpc) is 2.36. The lowest BCUT2D eigenvalue weighted by molar-refractivity contribution is 0.577. The zero-order chi connectivity index (χ0) is 13.0. The predicted molar refractivity (Wildman–Crippen MR) is 73.1 cm³/mol. The Bertz CT molecular complexity index is 522. The summed E-state index contributed by atoms with van der Waals surface area (Å²) in [5.74, 6) is -0.183. The molecule has 0 aliphatic rings. The summed E-state index contributed by atoms with van der Waals surface area (Å²) in [5.41, 5.74) is 3.50. The molecule has 2 rings (SSSR count). The Morgan fingerprint density at radius 2 is 1.89 bits per heavy atom. The number of hydrogen-bond acceptors (Lipinski definition) is 1. The molecule has 2 aromatic carbocycles. The summed E-state index contributed by atoms with van der Waals surface area (Å²) in [4.78, 5) is 0. The van der Waals surface area contributed by atoms with Crippen LogP contribution in [0.5, 0.6) is 0 Å². The summed E-state index contributed by atoms with van der Waals surface area (Å²) in [6.07, 6.45) is 0.863. The van der Waals surface area contributed by atoms with E-state index in [1.165, 1.54) is 17.2 Å². The van der Waals surface area contributed by atoms with E-state index in [1.807, 2.05) is 13.1 Å². The smallest absolute Gasteiger partial charge is 0.123 e. The maximum Gasteiger partial charge on any atom is 0.123 e. The number of aryl methyl sites for hydroxylation is 1. The Morgan fingerprint density at radius 1 is 1.11 bits per heavy atom. The molecule has 0 aliphatic carbocycles. The highest BCUT2D eigenvalue weighted by molar-refractivity contribution is 5.27. The van der Waals surface area contributed by atoms with Gasteiger partial charge in [0.25, 0.3) is 0 Å². The van der Waals surface area contributed by atoms with Crippen LogP contribution in [0.25, 0.3) is 0 Å². The minimum Gasteiger partial charge on any atom is -0.313 e. The molecule has 0 amide bonds. The molecule has 0 saturated heterocycles. The summed E-state index contributed by atoms with van der Waals surface area (Å²) in [5, 5.41) is 3.25. The lowest BCUT2D eigenvalue weighted by Gasteiger charge is -2.17. The lowest BCUT2D eigenvalue weighted by Crippen LogP contribution is -2.19. The van der Waals surface area contributed by atoms with Gasteiger partial charge in [0, 0.05) is 6.04 Å². The average molecular weight is 243 g/mol. The topological polar surface area (TPSA) is 12.0 Å². The standard InChI is InChI=1S/C16H18FN/c1-12-5-3-6-13(9-12)10-16(18-2)14-7-4-8-15(17)11-14/h3-9,11,16,18H,10H2,1-2H3. The third-order valence-electron chi connectivity index (χ3n) is 3.12. The van der Waals surface area contributed by atoms with Crippen LogP contribution in [0.2, 0.25) is 0 Å². The molecule has 1 N–H and O–H groups in total. The van der Waals surface area contributed by atoms with Crippen LogP contribution in [0.15, 0.2) is 48.5 Å². The molecule has 2 aromatic rings. The Hall–Kier alpha value is -1.67. The molecule has 0 fully saturated rings. The first-order valence-corrected chi connectivity index (χ1v) is 6.17. The van der Waals surface area contributed by atoms with E-state index < -0.39 is 0 Å². The van der Waals surface area contributed by atoms with Crippen LogP contribution < -0.4 is 5.32 Å². The Morgan fingerprint density at radius 3 is 2.56 bits per heavy atom. The molecular weight excluding hydrogens is 225 g/mol. The third kappa shape index (κ3) is 3.17. The zero-order valence-corrected chi connectivity index (χ0v) is 10.8. The van der Waals surface area contributed by atoms with E-state index in [4.69, 9.17) is 0 Å². The monoisotopic (exact) mass is 243 g/mol. The van der Waals surface area contributed by atoms with Gasteiger partial charge in [-0.05, 0) is 43.7 Å². The fourth-order valence-corrected chi connectivity index (χ4v) is 2.18. The minimum absolute atomic E-state index is 0.141. The van der Waals surface area contributed by atoms with Gasteiger partial charge in [-0.2, -0.15) is 0 Å². The zero-order valence-electron chi connectivity index (χ0n) is 10.8. The number of benzene rings is 2. The molecule has 2 heteroatoms. The normalized spacial score (nSPS) is 12.4. The fourth-order valence-electron chi connectivity index (χ4n) is 2.18. The van der Waals surface area contributed by atoms with Gasteiger partial charge < -0.3 is 5.32 Å². The minimum atomic E-state index is -0.183. The van der Waals surface area contributed by atoms with Gasteiger partial charge in [0.2, 0.25) is 0 Å². The van der Waals surface area contributed by atoms with Crippen LogP contribution in [0.4, 0.5) is 4.39 Å². The van der Waals surface area contributed by atoms with Gasteiger partial charge in [-0.1, -0.05) is 42.0 Å². The fraction of sp³-hybridized carbons (Fsp3) is 0.250. The van der Waals surface area contributed by atoms with E-state index in [-0.39, 0.29) is 11.9 Å². The van der Waals surface area contributed by atoms with E-state index in [2.05, 4.69) is 36.5 Å². The van der Waals surface area contributed by atoms with Gasteiger partial charge in [-0.3, -0.25) is 0 Å². The van der Waals surface area contributed by atoms with Gasteiger partial charge in [-0.25, -0.2) is 4.39 Å². The van der Waals surface area contributed by atoms with Crippen molar-refractivity contribution in [2.45, 2.75) is 19.4 Å². The molecule has 0 saturated carbocycles. The summed E-state index contributed by atoms with van der Waals surface area (Å²) in [7, 11) is 1.91. The predicted octanol–water partition coefficient (Wildman–Crippen LogP) is 3.64. The molecule has 18 heavy (non-hydrogen) atoms. The van der Waals surface area contributed by atoms with Crippen molar-refractivity contribution in [3.05, 3.63) is 71.0 Å². The summed E-state index contributed by atoms with van der Waals surface area (Å²) >= 11 is 0. The summed E-state index contributed by atoms with van der Waals surface area (Å²) in [6, 6.07) is 15.3. The molecule has 94 valence electrons. The molecule has 0 aromatic heterocycles. The largest absolute Gasteiger partial charge is 0.313 e. The van der Waals surface area contributed by atoms with Gasteiger partial charge in [0.1, 0.15) is 5.82 Å². The first-order chi connectivity index (χ1) is 8.69. The molecule has 0 spiro atoms. The first-order valence-electron chi connectivity index (χ1n) is 6.17. The Labute approximate surface area is 108 Å². The summed E-state index contributed by atoms with van der Waals surface area (Å²) in [6.45, 7) is 2.08. The van der Waals surface area contributed by atoms with Crippen LogP contribution in [-0.4, -0.2) is 7.05 Å². The van der Waals surface area contributed by atoms with Crippen molar-refractivity contribution < 1.29 is 4.39 Å². The second kappa shape index (κ2) is 5.78. The number of nitrogens with one attached hydrogen (secondary N) is 1. The van der Waals surface area contributed by atoms with Crippen molar-refractivity contribution in [1.82, 2.24) is 5.32 Å². The van der Waals surface area contributed by atoms with E-state index in [9.17, 15) is 4.39 Å². The van der Waals surface area contributed by atoms with Crippen molar-refractivity contribution in [3.8, 4) is 0 Å². The van der Waals surface area contributed by atoms with Crippen molar-refractivity contribution in [3.63, 3.8) is 0 Å². The van der Waals surface area contributed by atoms with Crippen molar-refractivity contribution in [2.24, 2.45) is 0 Å². The van der Waals surface area contributed by atoms with Crippen LogP contribution in [0.3, 0.4) is 0 Å². The number of likely N-dealkylation sites (N-methyl/N-ethyl adjacent to an activating group) is 1. The maximum atomic E-state index is 13.2. The molecule has 1 nitrogen and oxygen atoms in total. The number of halogens is 1. The first kappa shape index (κ1) is 12.8. The van der Waals surface area contributed by atoms with Crippen molar-refractivity contribution >= 4 is 0 Å². The molecule has 1 atom stereocenters. The number of rotatable bonds is 4. The molecule has 1 unspecified atom stereocenters. The Balaban J connectivity index is 2.19. The van der Waals surface area contributed by atoms with Crippen LogP contribution in [-0.2, 0) is 6.42 Å². The highest BCUT2D eigenvalue weighted by Crippen LogP contribution is 2.19. The summed E-state index contributed by atoms with van der Waals surface area (Å²) < 4.78 is 13.2. The molecule has 0 bridgehead atoms. The van der Waals surface area contributed by atoms with Gasteiger partial charge in [-0.15, -0.1) is 0 Å². The Kier molecular flexibility index (Phi) is 4.11. The van der Waals surface area contributed by atoms with E-state index in [1.54, 1.807) is 12.1 Å². The maximum absolute atomic E-state index is 13.2. The number of hydrogen-bond donors (Lipinski definition) is 1. The second-order valence-electron chi connectivity index (χ2n) is 4.59. The molecule has 0 aliphatic heterocycles. The van der Waals surface area contributed by atoms with E-state index in [0.717, 1.165) is 12.0 Å². The van der Waals surface area contributed by atoms with E-state index in [0.29, 0.717) is 0 Å². The van der Waals surface area contributed by atoms with Gasteiger partial charge in [0.05, 0.1) is 0 Å². The van der Waals surface area contributed by atoms with E-state index >= 15 is 0 Å². The van der Waals surface area contributed by atoms with Crippen molar-refractivity contribution in [2.75, 3.05) is 7.05 Å². The molecule has 0 heterocycles. The second-order valence-corrected chi connectivity index (χ2v) is 4.59. The highest BCUT2D eigenvalue weighted by atomic mass is 19.1. The van der Waals surface area contributed by atoms with Crippen LogP contribution >= 0.6 is 0 Å². The van der Waals surface area contributed by atoms with Gasteiger partial charge >= 0.3 is 0 Å². The third-order valence-corrected chi connectivity index (χ3v) is 3.12. The van der Waals surface area contributed by atoms with Crippen molar-refractivity contribution in [1.29, 1.82) is 0 Å². The molecular formula is C16H18FN. The van der Waals surface area contributed by atoms with Gasteiger partial charge in [0.15, 0.2) is 0 Å². The lowest BCUT2D eigenvalue weighted by atomic mass is 9.98. The van der Waals surface area contributed by atoms with Crippen LogP contribution in [0, 0.1) is 12.7 Å². The van der Waals surface area contributed by atoms with Crippen LogP contribution in [0.1, 0.15) is 22.7 Å². The quantitative estimate of drug-likeness (QED) is 0.864.